The standard InChI is InChI=1S/C10H18S4Se/c1(11-5-9-7-13-9)3-15-4-2-12-6-10-8-14-10/h9-10H,1-8H2. The zero-order chi connectivity index (χ0) is 10.3. The van der Waals surface area contributed by atoms with Gasteiger partial charge in [-0.25, -0.2) is 0 Å². The minimum absolute atomic E-state index is 0.938. The second-order valence-corrected chi connectivity index (χ2v) is 11.2. The monoisotopic (exact) mass is 346 g/mol. The predicted octanol–water partition coefficient (Wildman–Crippen LogP) is 3.22. The molecule has 0 N–H and O–H groups in total. The summed E-state index contributed by atoms with van der Waals surface area (Å²) in [4.78, 5) is 0. The van der Waals surface area contributed by atoms with Crippen LogP contribution in [0.3, 0.4) is 0 Å². The second-order valence-electron chi connectivity index (χ2n) is 3.67. The van der Waals surface area contributed by atoms with Crippen molar-refractivity contribution in [2.24, 2.45) is 0 Å². The molecule has 5 heteroatoms. The van der Waals surface area contributed by atoms with E-state index >= 15 is 0 Å². The van der Waals surface area contributed by atoms with E-state index in [1.165, 1.54) is 45.2 Å². The van der Waals surface area contributed by atoms with Crippen molar-refractivity contribution in [2.75, 3.05) is 34.5 Å². The van der Waals surface area contributed by atoms with Crippen LogP contribution in [0.15, 0.2) is 0 Å². The van der Waals surface area contributed by atoms with Crippen LogP contribution in [-0.4, -0.2) is 60.0 Å². The van der Waals surface area contributed by atoms with E-state index in [9.17, 15) is 0 Å². The van der Waals surface area contributed by atoms with Gasteiger partial charge in [0.05, 0.1) is 0 Å². The first kappa shape index (κ1) is 13.4. The molecule has 2 fully saturated rings. The van der Waals surface area contributed by atoms with Crippen molar-refractivity contribution in [1.82, 2.24) is 0 Å². The molecule has 2 saturated heterocycles. The summed E-state index contributed by atoms with van der Waals surface area (Å²) >= 11 is 9.57. The fraction of sp³-hybridized carbons (Fsp3) is 1.00. The van der Waals surface area contributed by atoms with E-state index in [2.05, 4.69) is 47.0 Å². The van der Waals surface area contributed by atoms with Crippen molar-refractivity contribution >= 4 is 62.0 Å². The summed E-state index contributed by atoms with van der Waals surface area (Å²) < 4.78 is 0. The predicted molar refractivity (Wildman–Crippen MR) is 82.5 cm³/mol. The maximum absolute atomic E-state index is 2.19. The molecule has 0 radical (unpaired) electrons. The third-order valence-corrected chi connectivity index (χ3v) is 10.0. The molecule has 2 heterocycles. The Balaban J connectivity index is 1.23. The van der Waals surface area contributed by atoms with Crippen molar-refractivity contribution in [2.45, 2.75) is 21.1 Å². The van der Waals surface area contributed by atoms with Crippen LogP contribution in [0.1, 0.15) is 0 Å². The molecule has 0 aromatic rings. The number of hydrogen-bond acceptors (Lipinski definition) is 4. The second kappa shape index (κ2) is 8.10. The summed E-state index contributed by atoms with van der Waals surface area (Å²) in [6.07, 6.45) is 0. The topological polar surface area (TPSA) is 0 Å². The van der Waals surface area contributed by atoms with Gasteiger partial charge in [-0.1, -0.05) is 0 Å². The van der Waals surface area contributed by atoms with E-state index in [1.54, 1.807) is 0 Å². The van der Waals surface area contributed by atoms with Crippen LogP contribution in [0.25, 0.3) is 0 Å². The van der Waals surface area contributed by atoms with Crippen molar-refractivity contribution in [3.63, 3.8) is 0 Å². The van der Waals surface area contributed by atoms with E-state index in [0.717, 1.165) is 25.5 Å². The average molecular weight is 345 g/mol. The summed E-state index contributed by atoms with van der Waals surface area (Å²) in [5.41, 5.74) is 0. The van der Waals surface area contributed by atoms with E-state index in [-0.39, 0.29) is 0 Å². The molecule has 2 atom stereocenters. The zero-order valence-corrected chi connectivity index (χ0v) is 13.8. The first-order valence-electron chi connectivity index (χ1n) is 5.41. The number of hydrogen-bond donors (Lipinski definition) is 0. The molecule has 15 heavy (non-hydrogen) atoms. The van der Waals surface area contributed by atoms with Gasteiger partial charge < -0.3 is 0 Å². The molecule has 0 nitrogen and oxygen atoms in total. The van der Waals surface area contributed by atoms with Gasteiger partial charge in [-0.15, -0.1) is 0 Å². The first-order chi connectivity index (χ1) is 7.45. The van der Waals surface area contributed by atoms with Crippen LogP contribution in [-0.2, 0) is 0 Å². The summed E-state index contributed by atoms with van der Waals surface area (Å²) in [6, 6.07) is 0. The van der Waals surface area contributed by atoms with Crippen molar-refractivity contribution in [1.29, 1.82) is 0 Å². The average Bonchev–Trinajstić information content (AvgIpc) is 3.10. The Bertz CT molecular complexity index is 153. The molecular formula is C10H18S4Se. The maximum atomic E-state index is 2.19. The van der Waals surface area contributed by atoms with E-state index < -0.39 is 0 Å². The van der Waals surface area contributed by atoms with Crippen molar-refractivity contribution in [3.05, 3.63) is 0 Å². The molecule has 0 aromatic carbocycles. The fourth-order valence-electron chi connectivity index (χ4n) is 1.10. The van der Waals surface area contributed by atoms with Crippen molar-refractivity contribution < 1.29 is 0 Å². The van der Waals surface area contributed by atoms with E-state index in [4.69, 9.17) is 0 Å². The molecular weight excluding hydrogens is 327 g/mol. The minimum atomic E-state index is 0.938. The van der Waals surface area contributed by atoms with Crippen LogP contribution in [0, 0.1) is 0 Å². The zero-order valence-electron chi connectivity index (χ0n) is 8.85. The number of thioether (sulfide) groups is 4. The normalized spacial score (nSPS) is 28.0. The van der Waals surface area contributed by atoms with Crippen LogP contribution in [0.2, 0.25) is 10.6 Å². The van der Waals surface area contributed by atoms with Crippen LogP contribution in [0.5, 0.6) is 0 Å². The van der Waals surface area contributed by atoms with Gasteiger partial charge in [0.25, 0.3) is 0 Å². The Hall–Kier alpha value is 1.92. The Kier molecular flexibility index (Phi) is 7.21. The molecule has 0 amide bonds. The molecule has 2 unspecified atom stereocenters. The molecule has 0 aliphatic carbocycles. The molecule has 0 saturated carbocycles. The van der Waals surface area contributed by atoms with Gasteiger partial charge in [0.15, 0.2) is 0 Å². The molecule has 2 rings (SSSR count). The molecule has 2 aliphatic heterocycles. The van der Waals surface area contributed by atoms with Gasteiger partial charge in [-0.05, 0) is 0 Å². The summed E-state index contributed by atoms with van der Waals surface area (Å²) in [7, 11) is 0. The van der Waals surface area contributed by atoms with Crippen molar-refractivity contribution in [3.8, 4) is 0 Å². The van der Waals surface area contributed by atoms with E-state index in [1.807, 2.05) is 0 Å². The third-order valence-electron chi connectivity index (χ3n) is 2.16. The van der Waals surface area contributed by atoms with Gasteiger partial charge >= 0.3 is 118 Å². The molecule has 88 valence electrons. The van der Waals surface area contributed by atoms with Crippen LogP contribution in [0.4, 0.5) is 0 Å². The van der Waals surface area contributed by atoms with E-state index in [0.29, 0.717) is 0 Å². The van der Waals surface area contributed by atoms with Crippen LogP contribution < -0.4 is 0 Å². The molecule has 0 aromatic heterocycles. The quantitative estimate of drug-likeness (QED) is 0.338. The number of rotatable bonds is 10. The van der Waals surface area contributed by atoms with Gasteiger partial charge in [0, 0.05) is 0 Å². The summed E-state index contributed by atoms with van der Waals surface area (Å²) in [6.45, 7) is 0. The SMILES string of the molecule is C(C[Se]CCSCC1CS1)SCC1CS1. The van der Waals surface area contributed by atoms with Gasteiger partial charge in [-0.2, -0.15) is 0 Å². The summed E-state index contributed by atoms with van der Waals surface area (Å²) in [5, 5.41) is 5.09. The van der Waals surface area contributed by atoms with Gasteiger partial charge in [-0.3, -0.25) is 0 Å². The molecule has 0 bridgehead atoms. The first-order valence-corrected chi connectivity index (χ1v) is 12.2. The Morgan fingerprint density at radius 3 is 1.80 bits per heavy atom. The fourth-order valence-corrected chi connectivity index (χ4v) is 8.21. The molecule has 2 aliphatic rings. The molecule has 0 spiro atoms. The Labute approximate surface area is 117 Å². The Morgan fingerprint density at radius 1 is 0.933 bits per heavy atom. The Morgan fingerprint density at radius 2 is 1.40 bits per heavy atom. The summed E-state index contributed by atoms with van der Waals surface area (Å²) in [5.74, 6) is 8.59. The van der Waals surface area contributed by atoms with Gasteiger partial charge in [0.2, 0.25) is 0 Å². The van der Waals surface area contributed by atoms with Crippen LogP contribution >= 0.6 is 47.0 Å². The third kappa shape index (κ3) is 7.77. The van der Waals surface area contributed by atoms with Gasteiger partial charge in [0.1, 0.15) is 0 Å².